The Morgan fingerprint density at radius 1 is 1.16 bits per heavy atom. The SMILES string of the molecule is Cc1ccccc1NC(=S)NC[C@@H]1CN(Cc2ccccc2)CCO1. The molecular formula is C20H25N3OS. The molecule has 4 nitrogen and oxygen atoms in total. The van der Waals surface area contributed by atoms with Gasteiger partial charge in [0.05, 0.1) is 12.7 Å². The molecule has 2 N–H and O–H groups in total. The fraction of sp³-hybridized carbons (Fsp3) is 0.350. The third kappa shape index (κ3) is 5.53. The summed E-state index contributed by atoms with van der Waals surface area (Å²) in [6, 6.07) is 18.7. The second kappa shape index (κ2) is 8.94. The van der Waals surface area contributed by atoms with E-state index in [2.05, 4.69) is 58.9 Å². The molecule has 0 aromatic heterocycles. The monoisotopic (exact) mass is 355 g/mol. The van der Waals surface area contributed by atoms with Gasteiger partial charge in [-0.3, -0.25) is 4.90 Å². The first-order chi connectivity index (χ1) is 12.2. The Kier molecular flexibility index (Phi) is 6.39. The van der Waals surface area contributed by atoms with E-state index in [0.717, 1.165) is 31.9 Å². The number of ether oxygens (including phenoxy) is 1. The van der Waals surface area contributed by atoms with Crippen LogP contribution in [-0.2, 0) is 11.3 Å². The van der Waals surface area contributed by atoms with Gasteiger partial charge in [-0.05, 0) is 36.3 Å². The average molecular weight is 356 g/mol. The molecule has 132 valence electrons. The molecule has 0 unspecified atom stereocenters. The van der Waals surface area contributed by atoms with Gasteiger partial charge >= 0.3 is 0 Å². The largest absolute Gasteiger partial charge is 0.374 e. The topological polar surface area (TPSA) is 36.5 Å². The highest BCUT2D eigenvalue weighted by molar-refractivity contribution is 7.80. The Balaban J connectivity index is 1.45. The molecule has 5 heteroatoms. The molecule has 0 aliphatic carbocycles. The molecule has 2 aromatic carbocycles. The van der Waals surface area contributed by atoms with Gasteiger partial charge in [-0.25, -0.2) is 0 Å². The molecule has 0 saturated carbocycles. The second-order valence-corrected chi connectivity index (χ2v) is 6.77. The maximum atomic E-state index is 5.88. The van der Waals surface area contributed by atoms with E-state index >= 15 is 0 Å². The molecule has 1 atom stereocenters. The molecule has 1 saturated heterocycles. The van der Waals surface area contributed by atoms with Crippen molar-refractivity contribution in [2.45, 2.75) is 19.6 Å². The van der Waals surface area contributed by atoms with Crippen LogP contribution in [0, 0.1) is 6.92 Å². The maximum Gasteiger partial charge on any atom is 0.170 e. The predicted octanol–water partition coefficient (Wildman–Crippen LogP) is 3.18. The number of aryl methyl sites for hydroxylation is 1. The standard InChI is InChI=1S/C20H25N3OS/c1-16-7-5-6-10-19(16)22-20(25)21-13-18-15-23(11-12-24-18)14-17-8-3-2-4-9-17/h2-10,18H,11-15H2,1H3,(H2,21,22,25)/t18-/m1/s1. The minimum Gasteiger partial charge on any atom is -0.374 e. The predicted molar refractivity (Wildman–Crippen MR) is 107 cm³/mol. The summed E-state index contributed by atoms with van der Waals surface area (Å²) in [5.74, 6) is 0. The van der Waals surface area contributed by atoms with E-state index in [4.69, 9.17) is 17.0 Å². The molecule has 0 amide bonds. The Labute approximate surface area is 155 Å². The number of morpholine rings is 1. The van der Waals surface area contributed by atoms with Gasteiger partial charge < -0.3 is 15.4 Å². The molecule has 2 aromatic rings. The van der Waals surface area contributed by atoms with Crippen LogP contribution in [0.25, 0.3) is 0 Å². The summed E-state index contributed by atoms with van der Waals surface area (Å²) in [5.41, 5.74) is 3.55. The van der Waals surface area contributed by atoms with E-state index < -0.39 is 0 Å². The van der Waals surface area contributed by atoms with Crippen molar-refractivity contribution < 1.29 is 4.74 Å². The number of nitrogens with one attached hydrogen (secondary N) is 2. The molecular weight excluding hydrogens is 330 g/mol. The minimum absolute atomic E-state index is 0.147. The van der Waals surface area contributed by atoms with Gasteiger partial charge in [0, 0.05) is 31.9 Å². The van der Waals surface area contributed by atoms with Gasteiger partial charge in [-0.2, -0.15) is 0 Å². The van der Waals surface area contributed by atoms with E-state index in [0.29, 0.717) is 11.7 Å². The minimum atomic E-state index is 0.147. The van der Waals surface area contributed by atoms with Crippen molar-refractivity contribution in [2.24, 2.45) is 0 Å². The smallest absolute Gasteiger partial charge is 0.170 e. The van der Waals surface area contributed by atoms with Crippen molar-refractivity contribution in [3.63, 3.8) is 0 Å². The zero-order valence-electron chi connectivity index (χ0n) is 14.6. The first-order valence-corrected chi connectivity index (χ1v) is 9.10. The van der Waals surface area contributed by atoms with Crippen LogP contribution in [0.15, 0.2) is 54.6 Å². The van der Waals surface area contributed by atoms with Crippen molar-refractivity contribution in [1.82, 2.24) is 10.2 Å². The number of anilines is 1. The molecule has 0 bridgehead atoms. The fourth-order valence-electron chi connectivity index (χ4n) is 2.98. The summed E-state index contributed by atoms with van der Waals surface area (Å²) in [6.07, 6.45) is 0.147. The van der Waals surface area contributed by atoms with Gasteiger partial charge in [0.2, 0.25) is 0 Å². The number of benzene rings is 2. The summed E-state index contributed by atoms with van der Waals surface area (Å²) >= 11 is 5.41. The lowest BCUT2D eigenvalue weighted by atomic mass is 10.2. The average Bonchev–Trinajstić information content (AvgIpc) is 2.63. The van der Waals surface area contributed by atoms with Gasteiger partial charge in [0.25, 0.3) is 0 Å². The molecule has 0 spiro atoms. The molecule has 25 heavy (non-hydrogen) atoms. The molecule has 1 aliphatic heterocycles. The number of hydrogen-bond donors (Lipinski definition) is 2. The summed E-state index contributed by atoms with van der Waals surface area (Å²) in [6.45, 7) is 6.38. The summed E-state index contributed by atoms with van der Waals surface area (Å²) in [4.78, 5) is 2.43. The van der Waals surface area contributed by atoms with Gasteiger partial charge in [-0.1, -0.05) is 48.5 Å². The molecule has 1 heterocycles. The van der Waals surface area contributed by atoms with Crippen LogP contribution in [0.5, 0.6) is 0 Å². The van der Waals surface area contributed by atoms with Crippen molar-refractivity contribution in [2.75, 3.05) is 31.6 Å². The van der Waals surface area contributed by atoms with Crippen molar-refractivity contribution in [3.05, 3.63) is 65.7 Å². The van der Waals surface area contributed by atoms with Crippen molar-refractivity contribution >= 4 is 23.0 Å². The quantitative estimate of drug-likeness (QED) is 0.806. The number of thiocarbonyl (C=S) groups is 1. The maximum absolute atomic E-state index is 5.88. The second-order valence-electron chi connectivity index (χ2n) is 6.36. The Morgan fingerprint density at radius 2 is 1.92 bits per heavy atom. The van der Waals surface area contributed by atoms with Gasteiger partial charge in [-0.15, -0.1) is 0 Å². The number of hydrogen-bond acceptors (Lipinski definition) is 3. The Bertz CT molecular complexity index is 692. The number of nitrogens with zero attached hydrogens (tertiary/aromatic N) is 1. The van der Waals surface area contributed by atoms with Crippen LogP contribution in [-0.4, -0.2) is 42.4 Å². The molecule has 0 radical (unpaired) electrons. The van der Waals surface area contributed by atoms with Crippen LogP contribution in [0.1, 0.15) is 11.1 Å². The molecule has 1 aliphatic rings. The van der Waals surface area contributed by atoms with E-state index in [1.54, 1.807) is 0 Å². The van der Waals surface area contributed by atoms with E-state index in [1.165, 1.54) is 11.1 Å². The van der Waals surface area contributed by atoms with Crippen LogP contribution in [0.2, 0.25) is 0 Å². The highest BCUT2D eigenvalue weighted by atomic mass is 32.1. The van der Waals surface area contributed by atoms with Crippen LogP contribution in [0.4, 0.5) is 5.69 Å². The van der Waals surface area contributed by atoms with E-state index in [9.17, 15) is 0 Å². The third-order valence-electron chi connectivity index (χ3n) is 4.36. The van der Waals surface area contributed by atoms with Crippen LogP contribution < -0.4 is 10.6 Å². The third-order valence-corrected chi connectivity index (χ3v) is 4.60. The van der Waals surface area contributed by atoms with Crippen LogP contribution in [0.3, 0.4) is 0 Å². The van der Waals surface area contributed by atoms with E-state index in [-0.39, 0.29) is 6.10 Å². The van der Waals surface area contributed by atoms with Crippen LogP contribution >= 0.6 is 12.2 Å². The zero-order valence-corrected chi connectivity index (χ0v) is 15.4. The summed E-state index contributed by atoms with van der Waals surface area (Å²) < 4.78 is 5.88. The van der Waals surface area contributed by atoms with Crippen molar-refractivity contribution in [3.8, 4) is 0 Å². The lowest BCUT2D eigenvalue weighted by Crippen LogP contribution is -2.47. The first kappa shape index (κ1) is 17.9. The lowest BCUT2D eigenvalue weighted by molar-refractivity contribution is -0.0279. The normalized spacial score (nSPS) is 17.9. The Morgan fingerprint density at radius 3 is 2.72 bits per heavy atom. The zero-order chi connectivity index (χ0) is 17.5. The molecule has 1 fully saturated rings. The highest BCUT2D eigenvalue weighted by Crippen LogP contribution is 2.13. The number of rotatable bonds is 5. The fourth-order valence-corrected chi connectivity index (χ4v) is 3.17. The summed E-state index contributed by atoms with van der Waals surface area (Å²) in [7, 11) is 0. The van der Waals surface area contributed by atoms with Gasteiger partial charge in [0.1, 0.15) is 0 Å². The lowest BCUT2D eigenvalue weighted by Gasteiger charge is -2.33. The first-order valence-electron chi connectivity index (χ1n) is 8.69. The van der Waals surface area contributed by atoms with E-state index in [1.807, 2.05) is 18.2 Å². The van der Waals surface area contributed by atoms with Crippen molar-refractivity contribution in [1.29, 1.82) is 0 Å². The summed E-state index contributed by atoms with van der Waals surface area (Å²) in [5, 5.41) is 7.17. The highest BCUT2D eigenvalue weighted by Gasteiger charge is 2.20. The van der Waals surface area contributed by atoms with Gasteiger partial charge in [0.15, 0.2) is 5.11 Å². The number of para-hydroxylation sites is 1. The molecule has 3 rings (SSSR count). The Hall–Kier alpha value is -1.95.